The summed E-state index contributed by atoms with van der Waals surface area (Å²) in [6.45, 7) is 4.21. The smallest absolute Gasteiger partial charge is 0.150 e. The molecule has 1 aliphatic rings. The molecule has 0 amide bonds. The van der Waals surface area contributed by atoms with Crippen molar-refractivity contribution in [2.45, 2.75) is 32.2 Å². The average Bonchev–Trinajstić information content (AvgIpc) is 3.19. The lowest BCUT2D eigenvalue weighted by atomic mass is 9.97. The molecule has 0 saturated heterocycles. The molecule has 1 aliphatic carbocycles. The predicted molar refractivity (Wildman–Crippen MR) is 76.5 cm³/mol. The van der Waals surface area contributed by atoms with E-state index in [9.17, 15) is 4.39 Å². The molecule has 1 aromatic carbocycles. The molecule has 3 N–H and O–H groups in total. The van der Waals surface area contributed by atoms with E-state index in [1.807, 2.05) is 12.1 Å². The summed E-state index contributed by atoms with van der Waals surface area (Å²) >= 11 is 0. The highest BCUT2D eigenvalue weighted by Crippen LogP contribution is 2.42. The Morgan fingerprint density at radius 2 is 2.16 bits per heavy atom. The van der Waals surface area contributed by atoms with Gasteiger partial charge in [-0.25, -0.2) is 4.39 Å². The molecular weight excluding hydrogens is 241 g/mol. The van der Waals surface area contributed by atoms with Crippen molar-refractivity contribution in [3.05, 3.63) is 30.2 Å². The Morgan fingerprint density at radius 3 is 2.84 bits per heavy atom. The Bertz CT molecular complexity index is 633. The highest BCUT2D eigenvalue weighted by molar-refractivity contribution is 5.98. The van der Waals surface area contributed by atoms with E-state index in [4.69, 9.17) is 5.73 Å². The maximum Gasteiger partial charge on any atom is 0.150 e. The Balaban J connectivity index is 2.12. The van der Waals surface area contributed by atoms with Crippen LogP contribution in [0, 0.1) is 11.7 Å². The molecule has 0 aliphatic heterocycles. The van der Waals surface area contributed by atoms with Gasteiger partial charge in [-0.05, 0) is 50.8 Å². The maximum atomic E-state index is 14.2. The van der Waals surface area contributed by atoms with Crippen molar-refractivity contribution in [3.8, 4) is 0 Å². The Morgan fingerprint density at radius 1 is 1.42 bits per heavy atom. The van der Waals surface area contributed by atoms with Gasteiger partial charge in [0.1, 0.15) is 0 Å². The number of anilines is 2. The number of hydrogen-bond donors (Lipinski definition) is 2. The van der Waals surface area contributed by atoms with E-state index in [1.165, 1.54) is 18.9 Å². The van der Waals surface area contributed by atoms with Crippen LogP contribution in [-0.2, 0) is 0 Å². The molecule has 0 radical (unpaired) electrons. The fourth-order valence-electron chi connectivity index (χ4n) is 2.59. The molecule has 0 bridgehead atoms. The van der Waals surface area contributed by atoms with Crippen LogP contribution in [0.5, 0.6) is 0 Å². The van der Waals surface area contributed by atoms with E-state index < -0.39 is 0 Å². The number of rotatable bonds is 3. The van der Waals surface area contributed by atoms with Crippen LogP contribution in [0.1, 0.15) is 26.7 Å². The van der Waals surface area contributed by atoms with Crippen molar-refractivity contribution in [2.24, 2.45) is 5.92 Å². The second-order valence-electron chi connectivity index (χ2n) is 5.84. The molecule has 3 nitrogen and oxygen atoms in total. The van der Waals surface area contributed by atoms with Crippen LogP contribution in [-0.4, -0.2) is 10.5 Å². The van der Waals surface area contributed by atoms with Gasteiger partial charge in [-0.1, -0.05) is 0 Å². The van der Waals surface area contributed by atoms with Crippen LogP contribution in [0.2, 0.25) is 0 Å². The lowest BCUT2D eigenvalue weighted by Gasteiger charge is -2.28. The fraction of sp³-hybridized carbons (Fsp3) is 0.400. The minimum absolute atomic E-state index is 0.124. The topological polar surface area (TPSA) is 50.9 Å². The number of fused-ring (bicyclic) bond motifs is 1. The van der Waals surface area contributed by atoms with Crippen LogP contribution in [0.3, 0.4) is 0 Å². The average molecular weight is 259 g/mol. The van der Waals surface area contributed by atoms with Gasteiger partial charge in [0.25, 0.3) is 0 Å². The number of pyridine rings is 1. The standard InChI is InChI=1S/C15H18FN3/c1-15(2,9-5-6-9)19-14-11(16)8-12(17)10-4-3-7-18-13(10)14/h3-4,7-9,19H,5-6,17H2,1-2H3. The number of aromatic nitrogens is 1. The highest BCUT2D eigenvalue weighted by Gasteiger charge is 2.38. The van der Waals surface area contributed by atoms with Crippen LogP contribution < -0.4 is 11.1 Å². The van der Waals surface area contributed by atoms with Crippen molar-refractivity contribution in [1.82, 2.24) is 4.98 Å². The van der Waals surface area contributed by atoms with Gasteiger partial charge in [-0.2, -0.15) is 0 Å². The fourth-order valence-corrected chi connectivity index (χ4v) is 2.59. The Labute approximate surface area is 112 Å². The van der Waals surface area contributed by atoms with Gasteiger partial charge in [0.05, 0.1) is 11.2 Å². The molecule has 1 heterocycles. The SMILES string of the molecule is CC(C)(Nc1c(F)cc(N)c2cccnc12)C1CC1. The molecule has 2 aromatic rings. The highest BCUT2D eigenvalue weighted by atomic mass is 19.1. The first-order valence-electron chi connectivity index (χ1n) is 6.60. The van der Waals surface area contributed by atoms with Crippen molar-refractivity contribution in [1.29, 1.82) is 0 Å². The zero-order chi connectivity index (χ0) is 13.6. The summed E-state index contributed by atoms with van der Waals surface area (Å²) in [5, 5.41) is 4.12. The number of nitrogens with two attached hydrogens (primary N) is 1. The summed E-state index contributed by atoms with van der Waals surface area (Å²) in [7, 11) is 0. The first-order chi connectivity index (χ1) is 8.99. The van der Waals surface area contributed by atoms with Crippen LogP contribution in [0.4, 0.5) is 15.8 Å². The number of halogens is 1. The lowest BCUT2D eigenvalue weighted by Crippen LogP contribution is -2.33. The second-order valence-corrected chi connectivity index (χ2v) is 5.84. The van der Waals surface area contributed by atoms with Gasteiger partial charge in [0.2, 0.25) is 0 Å². The van der Waals surface area contributed by atoms with Gasteiger partial charge in [0.15, 0.2) is 5.82 Å². The summed E-state index contributed by atoms with van der Waals surface area (Å²) in [5.74, 6) is 0.264. The van der Waals surface area contributed by atoms with Crippen molar-refractivity contribution >= 4 is 22.3 Å². The van der Waals surface area contributed by atoms with Crippen LogP contribution in [0.25, 0.3) is 10.9 Å². The Kier molecular flexibility index (Phi) is 2.62. The van der Waals surface area contributed by atoms with Gasteiger partial charge in [-0.3, -0.25) is 4.98 Å². The van der Waals surface area contributed by atoms with Crippen LogP contribution >= 0.6 is 0 Å². The van der Waals surface area contributed by atoms with Crippen molar-refractivity contribution in [2.75, 3.05) is 11.1 Å². The zero-order valence-corrected chi connectivity index (χ0v) is 11.2. The summed E-state index contributed by atoms with van der Waals surface area (Å²) in [4.78, 5) is 4.28. The molecule has 0 spiro atoms. The van der Waals surface area contributed by atoms with Gasteiger partial charge >= 0.3 is 0 Å². The molecule has 100 valence electrons. The monoisotopic (exact) mass is 259 g/mol. The third-order valence-corrected chi connectivity index (χ3v) is 3.92. The summed E-state index contributed by atoms with van der Waals surface area (Å²) in [6, 6.07) is 5.05. The van der Waals surface area contributed by atoms with E-state index in [-0.39, 0.29) is 11.4 Å². The third-order valence-electron chi connectivity index (χ3n) is 3.92. The normalized spacial score (nSPS) is 15.7. The van der Waals surface area contributed by atoms with Crippen LogP contribution in [0.15, 0.2) is 24.4 Å². The molecule has 3 rings (SSSR count). The minimum Gasteiger partial charge on any atom is -0.398 e. The number of hydrogen-bond acceptors (Lipinski definition) is 3. The molecule has 0 unspecified atom stereocenters. The molecule has 0 atom stereocenters. The van der Waals surface area contributed by atoms with Crippen molar-refractivity contribution < 1.29 is 4.39 Å². The first kappa shape index (κ1) is 12.2. The summed E-state index contributed by atoms with van der Waals surface area (Å²) in [6.07, 6.45) is 4.06. The summed E-state index contributed by atoms with van der Waals surface area (Å²) < 4.78 is 14.2. The van der Waals surface area contributed by atoms with E-state index in [0.29, 0.717) is 22.8 Å². The van der Waals surface area contributed by atoms with E-state index >= 15 is 0 Å². The predicted octanol–water partition coefficient (Wildman–Crippen LogP) is 3.56. The van der Waals surface area contributed by atoms with Crippen molar-refractivity contribution in [3.63, 3.8) is 0 Å². The molecule has 4 heteroatoms. The maximum absolute atomic E-state index is 14.2. The minimum atomic E-state index is -0.336. The molecule has 19 heavy (non-hydrogen) atoms. The van der Waals surface area contributed by atoms with Gasteiger partial charge in [-0.15, -0.1) is 0 Å². The molecule has 1 fully saturated rings. The quantitative estimate of drug-likeness (QED) is 0.829. The van der Waals surface area contributed by atoms with E-state index in [2.05, 4.69) is 24.1 Å². The zero-order valence-electron chi connectivity index (χ0n) is 11.2. The molecular formula is C15H18FN3. The number of nitrogens with one attached hydrogen (secondary N) is 1. The number of nitrogen functional groups attached to an aromatic ring is 1. The second kappa shape index (κ2) is 4.08. The Hall–Kier alpha value is -1.84. The first-order valence-corrected chi connectivity index (χ1v) is 6.60. The third kappa shape index (κ3) is 2.11. The lowest BCUT2D eigenvalue weighted by molar-refractivity contribution is 0.490. The van der Waals surface area contributed by atoms with E-state index in [0.717, 1.165) is 5.39 Å². The number of benzene rings is 1. The molecule has 1 saturated carbocycles. The van der Waals surface area contributed by atoms with Gasteiger partial charge < -0.3 is 11.1 Å². The largest absolute Gasteiger partial charge is 0.398 e. The van der Waals surface area contributed by atoms with E-state index in [1.54, 1.807) is 6.20 Å². The molecule has 1 aromatic heterocycles. The van der Waals surface area contributed by atoms with Gasteiger partial charge in [0, 0.05) is 22.8 Å². The number of nitrogens with zero attached hydrogens (tertiary/aromatic N) is 1. The summed E-state index contributed by atoms with van der Waals surface area (Å²) in [5.41, 5.74) is 7.22.